The van der Waals surface area contributed by atoms with Gasteiger partial charge in [-0.1, -0.05) is 19.9 Å². The lowest BCUT2D eigenvalue weighted by Gasteiger charge is -2.36. The molecule has 1 aliphatic rings. The van der Waals surface area contributed by atoms with Crippen LogP contribution in [0.25, 0.3) is 0 Å². The Morgan fingerprint density at radius 2 is 1.59 bits per heavy atom. The van der Waals surface area contributed by atoms with Crippen LogP contribution in [-0.4, -0.2) is 54.2 Å². The molecule has 1 saturated heterocycles. The number of hydrogen-bond donors (Lipinski definition) is 1. The fraction of sp³-hybridized carbons (Fsp3) is 0.500. The van der Waals surface area contributed by atoms with Crippen LogP contribution in [0, 0.1) is 13.8 Å². The van der Waals surface area contributed by atoms with Crippen molar-refractivity contribution in [2.45, 2.75) is 40.5 Å². The maximum Gasteiger partial charge on any atom is 0.323 e. The summed E-state index contributed by atoms with van der Waals surface area (Å²) < 4.78 is 5.36. The number of aromatic nitrogens is 2. The zero-order valence-corrected chi connectivity index (χ0v) is 18.1. The number of hydrogen-bond acceptors (Lipinski definition) is 5. The molecule has 3 rings (SSSR count). The molecule has 2 aromatic rings. The van der Waals surface area contributed by atoms with Crippen molar-refractivity contribution in [1.82, 2.24) is 14.9 Å². The second kappa shape index (κ2) is 9.11. The molecule has 1 aromatic heterocycles. The van der Waals surface area contributed by atoms with Gasteiger partial charge in [0.2, 0.25) is 0 Å². The van der Waals surface area contributed by atoms with Crippen LogP contribution < -0.4 is 15.0 Å². The molecule has 0 aliphatic carbocycles. The number of aryl methyl sites for hydroxylation is 4. The maximum absolute atomic E-state index is 12.8. The predicted molar refractivity (Wildman–Crippen MR) is 116 cm³/mol. The molecule has 0 bridgehead atoms. The van der Waals surface area contributed by atoms with Crippen molar-refractivity contribution < 1.29 is 9.53 Å². The minimum Gasteiger partial charge on any atom is -0.478 e. The highest BCUT2D eigenvalue weighted by Crippen LogP contribution is 2.24. The van der Waals surface area contributed by atoms with Gasteiger partial charge in [0.15, 0.2) is 5.82 Å². The monoisotopic (exact) mass is 397 g/mol. The van der Waals surface area contributed by atoms with Crippen LogP contribution in [0.2, 0.25) is 0 Å². The number of carbonyl (C=O) groups is 1. The average Bonchev–Trinajstić information content (AvgIpc) is 2.72. The highest BCUT2D eigenvalue weighted by Gasteiger charge is 2.23. The number of methoxy groups -OCH3 is 1. The third-order valence-electron chi connectivity index (χ3n) is 5.25. The van der Waals surface area contributed by atoms with Gasteiger partial charge in [-0.05, 0) is 49.9 Å². The van der Waals surface area contributed by atoms with Gasteiger partial charge in [-0.2, -0.15) is 0 Å². The van der Waals surface area contributed by atoms with E-state index < -0.39 is 0 Å². The van der Waals surface area contributed by atoms with Gasteiger partial charge in [-0.15, -0.1) is 0 Å². The molecule has 156 valence electrons. The second-order valence-electron chi connectivity index (χ2n) is 7.43. The standard InChI is InChI=1S/C22H31N5O2/c1-6-18-19(7-2)24-21(29-5)20(23-18)25-22(28)27-10-8-26(9-11-27)17-13-15(3)12-16(4)14-17/h12-14H,6-11H2,1-5H3,(H,23,25,28). The van der Waals surface area contributed by atoms with Gasteiger partial charge in [0.25, 0.3) is 5.88 Å². The van der Waals surface area contributed by atoms with Gasteiger partial charge in [0.1, 0.15) is 0 Å². The average molecular weight is 398 g/mol. The summed E-state index contributed by atoms with van der Waals surface area (Å²) in [5.74, 6) is 0.754. The van der Waals surface area contributed by atoms with E-state index in [4.69, 9.17) is 4.74 Å². The Bertz CT molecular complexity index is 855. The lowest BCUT2D eigenvalue weighted by Crippen LogP contribution is -2.50. The molecule has 2 heterocycles. The van der Waals surface area contributed by atoms with Crippen LogP contribution in [0.4, 0.5) is 16.3 Å². The SMILES string of the molecule is CCc1nc(NC(=O)N2CCN(c3cc(C)cc(C)c3)CC2)c(OC)nc1CC. The Morgan fingerprint density at radius 3 is 2.14 bits per heavy atom. The van der Waals surface area contributed by atoms with E-state index in [1.807, 2.05) is 18.7 Å². The first-order valence-electron chi connectivity index (χ1n) is 10.3. The molecule has 7 nitrogen and oxygen atoms in total. The first-order chi connectivity index (χ1) is 13.9. The summed E-state index contributed by atoms with van der Waals surface area (Å²) in [6.45, 7) is 11.2. The topological polar surface area (TPSA) is 70.6 Å². The summed E-state index contributed by atoms with van der Waals surface area (Å²) in [4.78, 5) is 26.1. The number of piperazine rings is 1. The minimum atomic E-state index is -0.163. The van der Waals surface area contributed by atoms with Gasteiger partial charge in [-0.25, -0.2) is 14.8 Å². The van der Waals surface area contributed by atoms with Gasteiger partial charge >= 0.3 is 6.03 Å². The largest absolute Gasteiger partial charge is 0.478 e. The van der Waals surface area contributed by atoms with Crippen molar-refractivity contribution in [3.63, 3.8) is 0 Å². The molecule has 29 heavy (non-hydrogen) atoms. The number of anilines is 2. The molecule has 0 unspecified atom stereocenters. The number of nitrogens with zero attached hydrogens (tertiary/aromatic N) is 4. The van der Waals surface area contributed by atoms with Crippen LogP contribution in [0.3, 0.4) is 0 Å². The van der Waals surface area contributed by atoms with Crippen LogP contribution in [0.5, 0.6) is 5.88 Å². The van der Waals surface area contributed by atoms with Crippen molar-refractivity contribution >= 4 is 17.5 Å². The Hall–Kier alpha value is -2.83. The molecule has 1 aliphatic heterocycles. The first kappa shape index (κ1) is 20.9. The second-order valence-corrected chi connectivity index (χ2v) is 7.43. The van der Waals surface area contributed by atoms with Crippen LogP contribution in [0.15, 0.2) is 18.2 Å². The van der Waals surface area contributed by atoms with Gasteiger partial charge < -0.3 is 14.5 Å². The quantitative estimate of drug-likeness (QED) is 0.835. The number of urea groups is 1. The molecule has 1 aromatic carbocycles. The van der Waals surface area contributed by atoms with E-state index in [0.717, 1.165) is 37.3 Å². The lowest BCUT2D eigenvalue weighted by molar-refractivity contribution is 0.208. The van der Waals surface area contributed by atoms with Crippen LogP contribution in [0.1, 0.15) is 36.4 Å². The number of rotatable bonds is 5. The molecule has 0 saturated carbocycles. The fourth-order valence-electron chi connectivity index (χ4n) is 3.76. The fourth-order valence-corrected chi connectivity index (χ4v) is 3.76. The Kier molecular flexibility index (Phi) is 6.56. The molecule has 0 atom stereocenters. The van der Waals surface area contributed by atoms with E-state index in [1.165, 1.54) is 16.8 Å². The molecule has 1 N–H and O–H groups in total. The third kappa shape index (κ3) is 4.78. The van der Waals surface area contributed by atoms with E-state index in [9.17, 15) is 4.79 Å². The summed E-state index contributed by atoms with van der Waals surface area (Å²) in [6, 6.07) is 6.41. The Labute approximate surface area is 173 Å². The third-order valence-corrected chi connectivity index (χ3v) is 5.25. The predicted octanol–water partition coefficient (Wildman–Crippen LogP) is 3.58. The van der Waals surface area contributed by atoms with E-state index in [-0.39, 0.29) is 6.03 Å². The maximum atomic E-state index is 12.8. The van der Waals surface area contributed by atoms with Crippen LogP contribution in [-0.2, 0) is 12.8 Å². The van der Waals surface area contributed by atoms with Gasteiger partial charge in [0, 0.05) is 31.9 Å². The summed E-state index contributed by atoms with van der Waals surface area (Å²) in [7, 11) is 1.55. The lowest BCUT2D eigenvalue weighted by atomic mass is 10.1. The molecule has 0 radical (unpaired) electrons. The molecular weight excluding hydrogens is 366 g/mol. The van der Waals surface area contributed by atoms with Crippen molar-refractivity contribution in [3.05, 3.63) is 40.7 Å². The highest BCUT2D eigenvalue weighted by atomic mass is 16.5. The number of ether oxygens (including phenoxy) is 1. The zero-order chi connectivity index (χ0) is 21.0. The molecule has 2 amide bonds. The smallest absolute Gasteiger partial charge is 0.323 e. The Morgan fingerprint density at radius 1 is 1.00 bits per heavy atom. The van der Waals surface area contributed by atoms with Crippen molar-refractivity contribution in [2.75, 3.05) is 43.5 Å². The van der Waals surface area contributed by atoms with Crippen molar-refractivity contribution in [2.24, 2.45) is 0 Å². The summed E-state index contributed by atoms with van der Waals surface area (Å²) in [6.07, 6.45) is 1.54. The van der Waals surface area contributed by atoms with Crippen molar-refractivity contribution in [1.29, 1.82) is 0 Å². The van der Waals surface area contributed by atoms with Gasteiger partial charge in [-0.3, -0.25) is 5.32 Å². The zero-order valence-electron chi connectivity index (χ0n) is 18.1. The van der Waals surface area contributed by atoms with E-state index >= 15 is 0 Å². The number of benzene rings is 1. The van der Waals surface area contributed by atoms with Crippen LogP contribution >= 0.6 is 0 Å². The Balaban J connectivity index is 1.67. The number of amides is 2. The minimum absolute atomic E-state index is 0.163. The molecule has 0 spiro atoms. The molecular formula is C22H31N5O2. The summed E-state index contributed by atoms with van der Waals surface area (Å²) >= 11 is 0. The molecule has 7 heteroatoms. The van der Waals surface area contributed by atoms with E-state index in [0.29, 0.717) is 24.8 Å². The number of nitrogens with one attached hydrogen (secondary N) is 1. The normalized spacial score (nSPS) is 14.1. The molecule has 1 fully saturated rings. The number of carbonyl (C=O) groups excluding carboxylic acids is 1. The first-order valence-corrected chi connectivity index (χ1v) is 10.3. The summed E-state index contributed by atoms with van der Waals surface area (Å²) in [5, 5.41) is 2.90. The highest BCUT2D eigenvalue weighted by molar-refractivity contribution is 5.89. The van der Waals surface area contributed by atoms with E-state index in [1.54, 1.807) is 7.11 Å². The van der Waals surface area contributed by atoms with E-state index in [2.05, 4.69) is 52.2 Å². The van der Waals surface area contributed by atoms with Gasteiger partial charge in [0.05, 0.1) is 18.5 Å². The summed E-state index contributed by atoms with van der Waals surface area (Å²) in [5.41, 5.74) is 5.53. The van der Waals surface area contributed by atoms with Crippen molar-refractivity contribution in [3.8, 4) is 5.88 Å².